The minimum Gasteiger partial charge on any atom is -0.389 e. The Hall–Kier alpha value is -2.40. The number of aromatic amines is 1. The molecule has 1 aromatic heterocycles. The highest BCUT2D eigenvalue weighted by molar-refractivity contribution is 5.99. The number of carbonyl (C=O) groups is 2. The van der Waals surface area contributed by atoms with Gasteiger partial charge in [-0.25, -0.2) is 0 Å². The first-order valence-electron chi connectivity index (χ1n) is 7.51. The summed E-state index contributed by atoms with van der Waals surface area (Å²) in [4.78, 5) is 28.5. The highest BCUT2D eigenvalue weighted by atomic mass is 16.3. The summed E-state index contributed by atoms with van der Waals surface area (Å²) in [7, 11) is 0. The van der Waals surface area contributed by atoms with Crippen LogP contribution in [0.3, 0.4) is 0 Å². The van der Waals surface area contributed by atoms with E-state index in [1.54, 1.807) is 24.8 Å². The smallest absolute Gasteiger partial charge is 0.270 e. The van der Waals surface area contributed by atoms with Gasteiger partial charge in [0.25, 0.3) is 5.91 Å². The molecule has 0 saturated carbocycles. The molecule has 0 saturated heterocycles. The maximum Gasteiger partial charge on any atom is 0.270 e. The first-order chi connectivity index (χ1) is 10.8. The number of rotatable bonds is 6. The van der Waals surface area contributed by atoms with Crippen LogP contribution in [-0.2, 0) is 6.54 Å². The molecule has 122 valence electrons. The molecule has 0 spiro atoms. The number of benzene rings is 1. The van der Waals surface area contributed by atoms with Gasteiger partial charge in [0.2, 0.25) is 0 Å². The third-order valence-corrected chi connectivity index (χ3v) is 3.40. The Balaban J connectivity index is 2.24. The summed E-state index contributed by atoms with van der Waals surface area (Å²) < 4.78 is 0. The lowest BCUT2D eigenvalue weighted by molar-refractivity contribution is 0.0277. The van der Waals surface area contributed by atoms with Crippen LogP contribution in [0.4, 0.5) is 0 Å². The largest absolute Gasteiger partial charge is 0.389 e. The number of aliphatic hydroxyl groups is 1. The van der Waals surface area contributed by atoms with E-state index >= 15 is 0 Å². The minimum absolute atomic E-state index is 0.0996. The van der Waals surface area contributed by atoms with Gasteiger partial charge in [-0.1, -0.05) is 30.3 Å². The zero-order valence-corrected chi connectivity index (χ0v) is 13.7. The van der Waals surface area contributed by atoms with Crippen molar-refractivity contribution in [1.82, 2.24) is 9.88 Å². The number of H-pyrrole nitrogens is 1. The van der Waals surface area contributed by atoms with Gasteiger partial charge in [0.15, 0.2) is 5.78 Å². The first-order valence-corrected chi connectivity index (χ1v) is 7.51. The van der Waals surface area contributed by atoms with E-state index < -0.39 is 5.60 Å². The monoisotopic (exact) mass is 314 g/mol. The van der Waals surface area contributed by atoms with Crippen LogP contribution < -0.4 is 0 Å². The van der Waals surface area contributed by atoms with Crippen LogP contribution >= 0.6 is 0 Å². The van der Waals surface area contributed by atoms with Gasteiger partial charge in [0.05, 0.1) is 5.60 Å². The third kappa shape index (κ3) is 4.79. The Morgan fingerprint density at radius 1 is 1.22 bits per heavy atom. The standard InChI is InChI=1S/C18H22N2O3/c1-13(21)15-9-16(19-10-15)17(22)20(12-18(2,3)23)11-14-7-5-4-6-8-14/h4-10,19,23H,11-12H2,1-3H3. The number of amides is 1. The molecular formula is C18H22N2O3. The summed E-state index contributed by atoms with van der Waals surface area (Å²) in [6.45, 7) is 5.35. The number of carbonyl (C=O) groups excluding carboxylic acids is 2. The summed E-state index contributed by atoms with van der Waals surface area (Å²) in [6, 6.07) is 11.1. The molecule has 1 amide bonds. The second kappa shape index (κ2) is 6.79. The van der Waals surface area contributed by atoms with Crippen LogP contribution in [0.5, 0.6) is 0 Å². The topological polar surface area (TPSA) is 73.4 Å². The summed E-state index contributed by atoms with van der Waals surface area (Å²) in [5.74, 6) is -0.346. The van der Waals surface area contributed by atoms with Crippen molar-refractivity contribution in [2.45, 2.75) is 32.9 Å². The second-order valence-corrected chi connectivity index (χ2v) is 6.32. The predicted molar refractivity (Wildman–Crippen MR) is 88.3 cm³/mol. The summed E-state index contributed by atoms with van der Waals surface area (Å²) >= 11 is 0. The maximum atomic E-state index is 12.7. The van der Waals surface area contributed by atoms with Gasteiger partial charge in [0, 0.05) is 24.8 Å². The number of ketones is 1. The number of hydrogen-bond donors (Lipinski definition) is 2. The van der Waals surface area contributed by atoms with Crippen molar-refractivity contribution < 1.29 is 14.7 Å². The minimum atomic E-state index is -1.01. The van der Waals surface area contributed by atoms with Crippen molar-refractivity contribution in [3.05, 3.63) is 59.4 Å². The van der Waals surface area contributed by atoms with Gasteiger partial charge in [-0.15, -0.1) is 0 Å². The molecule has 0 atom stereocenters. The Bertz CT molecular complexity index is 684. The molecule has 0 aliphatic carbocycles. The van der Waals surface area contributed by atoms with E-state index in [0.717, 1.165) is 5.56 Å². The molecule has 0 fully saturated rings. The van der Waals surface area contributed by atoms with Crippen LogP contribution in [0, 0.1) is 0 Å². The van der Waals surface area contributed by atoms with Gasteiger partial charge in [-0.3, -0.25) is 9.59 Å². The van der Waals surface area contributed by atoms with Crippen molar-refractivity contribution in [3.63, 3.8) is 0 Å². The van der Waals surface area contributed by atoms with Crippen molar-refractivity contribution >= 4 is 11.7 Å². The fraction of sp³-hybridized carbons (Fsp3) is 0.333. The van der Waals surface area contributed by atoms with E-state index in [1.165, 1.54) is 13.1 Å². The number of nitrogens with one attached hydrogen (secondary N) is 1. The predicted octanol–water partition coefficient (Wildman–Crippen LogP) is 2.63. The van der Waals surface area contributed by atoms with Crippen LogP contribution in [0.15, 0.2) is 42.6 Å². The molecule has 1 aromatic carbocycles. The first kappa shape index (κ1) is 17.0. The van der Waals surface area contributed by atoms with Crippen molar-refractivity contribution in [1.29, 1.82) is 0 Å². The average molecular weight is 314 g/mol. The Kier molecular flexibility index (Phi) is 5.01. The Morgan fingerprint density at radius 2 is 1.87 bits per heavy atom. The molecule has 2 aromatic rings. The molecule has 5 heteroatoms. The fourth-order valence-corrected chi connectivity index (χ4v) is 2.36. The van der Waals surface area contributed by atoms with Crippen molar-refractivity contribution in [3.8, 4) is 0 Å². The van der Waals surface area contributed by atoms with Crippen LogP contribution in [0.25, 0.3) is 0 Å². The van der Waals surface area contributed by atoms with Gasteiger partial charge in [0.1, 0.15) is 5.69 Å². The molecule has 2 N–H and O–H groups in total. The Labute approximate surface area is 135 Å². The van der Waals surface area contributed by atoms with Crippen LogP contribution in [0.1, 0.15) is 47.2 Å². The number of hydrogen-bond acceptors (Lipinski definition) is 3. The molecule has 0 unspecified atom stereocenters. The third-order valence-electron chi connectivity index (χ3n) is 3.40. The second-order valence-electron chi connectivity index (χ2n) is 6.32. The van der Waals surface area contributed by atoms with E-state index in [-0.39, 0.29) is 18.2 Å². The zero-order valence-electron chi connectivity index (χ0n) is 13.7. The van der Waals surface area contributed by atoms with E-state index in [0.29, 0.717) is 17.8 Å². The van der Waals surface area contributed by atoms with Gasteiger partial charge in [-0.2, -0.15) is 0 Å². The van der Waals surface area contributed by atoms with E-state index in [2.05, 4.69) is 4.98 Å². The van der Waals surface area contributed by atoms with Crippen LogP contribution in [0.2, 0.25) is 0 Å². The molecular weight excluding hydrogens is 292 g/mol. The molecule has 0 radical (unpaired) electrons. The Morgan fingerprint density at radius 3 is 2.39 bits per heavy atom. The maximum absolute atomic E-state index is 12.7. The quantitative estimate of drug-likeness (QED) is 0.805. The molecule has 2 rings (SSSR count). The molecule has 23 heavy (non-hydrogen) atoms. The van der Waals surface area contributed by atoms with Crippen molar-refractivity contribution in [2.24, 2.45) is 0 Å². The lowest BCUT2D eigenvalue weighted by Gasteiger charge is -2.29. The molecule has 1 heterocycles. The van der Waals surface area contributed by atoms with Crippen LogP contribution in [-0.4, -0.2) is 38.8 Å². The average Bonchev–Trinajstić information content (AvgIpc) is 2.95. The fourth-order valence-electron chi connectivity index (χ4n) is 2.36. The highest BCUT2D eigenvalue weighted by Crippen LogP contribution is 2.15. The SMILES string of the molecule is CC(=O)c1c[nH]c(C(=O)N(Cc2ccccc2)CC(C)(C)O)c1. The number of aromatic nitrogens is 1. The van der Waals surface area contributed by atoms with Gasteiger partial charge >= 0.3 is 0 Å². The molecule has 0 aliphatic heterocycles. The van der Waals surface area contributed by atoms with E-state index in [4.69, 9.17) is 0 Å². The molecule has 0 aliphatic rings. The summed E-state index contributed by atoms with van der Waals surface area (Å²) in [5, 5.41) is 10.1. The molecule has 5 nitrogen and oxygen atoms in total. The number of nitrogens with zero attached hydrogens (tertiary/aromatic N) is 1. The highest BCUT2D eigenvalue weighted by Gasteiger charge is 2.24. The van der Waals surface area contributed by atoms with Gasteiger partial charge in [-0.05, 0) is 32.4 Å². The van der Waals surface area contributed by atoms with E-state index in [1.807, 2.05) is 30.3 Å². The lowest BCUT2D eigenvalue weighted by atomic mass is 10.1. The lowest BCUT2D eigenvalue weighted by Crippen LogP contribution is -2.42. The van der Waals surface area contributed by atoms with E-state index in [9.17, 15) is 14.7 Å². The normalized spacial score (nSPS) is 11.3. The number of Topliss-reactive ketones (excluding diaryl/α,β-unsaturated/α-hetero) is 1. The summed E-state index contributed by atoms with van der Waals surface area (Å²) in [5.41, 5.74) is 0.774. The molecule has 0 bridgehead atoms. The van der Waals surface area contributed by atoms with Crippen molar-refractivity contribution in [2.75, 3.05) is 6.54 Å². The summed E-state index contributed by atoms with van der Waals surface area (Å²) in [6.07, 6.45) is 1.53. The zero-order chi connectivity index (χ0) is 17.0. The van der Waals surface area contributed by atoms with Gasteiger partial charge < -0.3 is 15.0 Å².